The second kappa shape index (κ2) is 23.1. The zero-order valence-electron chi connectivity index (χ0n) is 30.4. The van der Waals surface area contributed by atoms with E-state index in [0.717, 1.165) is 38.5 Å². The Bertz CT molecular complexity index is 1510. The minimum Gasteiger partial charge on any atom is -0.478 e. The molecular weight excluding hydrogens is 644 g/mol. The highest BCUT2D eigenvalue weighted by Gasteiger charge is 2.32. The van der Waals surface area contributed by atoms with E-state index < -0.39 is 11.1 Å². The van der Waals surface area contributed by atoms with Gasteiger partial charge in [0.05, 0.1) is 5.54 Å². The smallest absolute Gasteiger partial charge is 0.263 e. The van der Waals surface area contributed by atoms with E-state index in [1.165, 1.54) is 0 Å². The van der Waals surface area contributed by atoms with Gasteiger partial charge >= 0.3 is 0 Å². The minimum absolute atomic E-state index is 0.0764. The van der Waals surface area contributed by atoms with Crippen LogP contribution in [-0.2, 0) is 9.59 Å². The molecule has 0 spiro atoms. The summed E-state index contributed by atoms with van der Waals surface area (Å²) in [6.07, 6.45) is 32.7. The van der Waals surface area contributed by atoms with Crippen molar-refractivity contribution >= 4 is 29.2 Å². The maximum absolute atomic E-state index is 13.0. The molecule has 0 aliphatic rings. The van der Waals surface area contributed by atoms with Crippen molar-refractivity contribution in [3.8, 4) is 5.75 Å². The van der Waals surface area contributed by atoms with E-state index in [9.17, 15) is 14.4 Å². The van der Waals surface area contributed by atoms with E-state index in [2.05, 4.69) is 84.4 Å². The third-order valence-electron chi connectivity index (χ3n) is 7.45. The van der Waals surface area contributed by atoms with Gasteiger partial charge in [0.1, 0.15) is 5.75 Å². The zero-order chi connectivity index (χ0) is 36.7. The maximum atomic E-state index is 13.0. The SMILES string of the molecule is CCC=CCC=CCC=CCC=CCC=CCC=CCCC(=O)NC(C)(C)CNC(=O)C(C)(C)Oc1ccc(C(=O)c2ccc(Cl)cc2)cc1. The van der Waals surface area contributed by atoms with Crippen molar-refractivity contribution in [3.05, 3.63) is 138 Å². The van der Waals surface area contributed by atoms with E-state index in [0.29, 0.717) is 34.7 Å². The van der Waals surface area contributed by atoms with Gasteiger partial charge in [-0.25, -0.2) is 0 Å². The number of benzene rings is 2. The Balaban J connectivity index is 1.63. The molecule has 0 atom stereocenters. The lowest BCUT2D eigenvalue weighted by molar-refractivity contribution is -0.134. The zero-order valence-corrected chi connectivity index (χ0v) is 31.2. The third-order valence-corrected chi connectivity index (χ3v) is 7.70. The van der Waals surface area contributed by atoms with Gasteiger partial charge in [0.15, 0.2) is 11.4 Å². The minimum atomic E-state index is -1.18. The Morgan fingerprint density at radius 2 is 1.10 bits per heavy atom. The maximum Gasteiger partial charge on any atom is 0.263 e. The highest BCUT2D eigenvalue weighted by atomic mass is 35.5. The first-order valence-corrected chi connectivity index (χ1v) is 17.9. The van der Waals surface area contributed by atoms with Gasteiger partial charge in [-0.05, 0) is 121 Å². The molecular formula is C43H55ClN2O4. The third kappa shape index (κ3) is 17.8. The van der Waals surface area contributed by atoms with E-state index in [4.69, 9.17) is 16.3 Å². The van der Waals surface area contributed by atoms with Crippen LogP contribution in [0.15, 0.2) is 121 Å². The van der Waals surface area contributed by atoms with E-state index in [1.807, 2.05) is 19.9 Å². The summed E-state index contributed by atoms with van der Waals surface area (Å²) in [6.45, 7) is 9.46. The summed E-state index contributed by atoms with van der Waals surface area (Å²) in [5.74, 6) is -0.0710. The van der Waals surface area contributed by atoms with Gasteiger partial charge in [0.25, 0.3) is 5.91 Å². The van der Waals surface area contributed by atoms with Crippen LogP contribution < -0.4 is 15.4 Å². The highest BCUT2D eigenvalue weighted by Crippen LogP contribution is 2.21. The first kappa shape index (κ1) is 41.7. The number of halogens is 1. The fourth-order valence-electron chi connectivity index (χ4n) is 4.64. The van der Waals surface area contributed by atoms with Crippen LogP contribution in [0.1, 0.15) is 102 Å². The summed E-state index contributed by atoms with van der Waals surface area (Å²) in [5, 5.41) is 6.46. The molecule has 2 rings (SSSR count). The van der Waals surface area contributed by atoms with Crippen LogP contribution >= 0.6 is 11.6 Å². The van der Waals surface area contributed by atoms with Crippen LogP contribution in [0.25, 0.3) is 0 Å². The van der Waals surface area contributed by atoms with Crippen LogP contribution in [0.4, 0.5) is 0 Å². The van der Waals surface area contributed by atoms with Crippen molar-refractivity contribution < 1.29 is 19.1 Å². The average Bonchev–Trinajstić information content (AvgIpc) is 3.08. The number of amides is 2. The van der Waals surface area contributed by atoms with Crippen molar-refractivity contribution in [2.75, 3.05) is 6.54 Å². The molecule has 6 nitrogen and oxygen atoms in total. The Labute approximate surface area is 305 Å². The molecule has 0 saturated heterocycles. The number of nitrogens with one attached hydrogen (secondary N) is 2. The summed E-state index contributed by atoms with van der Waals surface area (Å²) in [4.78, 5) is 38.3. The lowest BCUT2D eigenvalue weighted by Crippen LogP contribution is -2.55. The normalized spacial score (nSPS) is 12.7. The molecule has 50 heavy (non-hydrogen) atoms. The summed E-state index contributed by atoms with van der Waals surface area (Å²) in [6, 6.07) is 13.4. The summed E-state index contributed by atoms with van der Waals surface area (Å²) in [5.41, 5.74) is -0.797. The Morgan fingerprint density at radius 3 is 1.58 bits per heavy atom. The van der Waals surface area contributed by atoms with Crippen LogP contribution in [0.3, 0.4) is 0 Å². The number of hydrogen-bond donors (Lipinski definition) is 2. The topological polar surface area (TPSA) is 84.5 Å². The average molecular weight is 699 g/mol. The van der Waals surface area contributed by atoms with Crippen molar-refractivity contribution in [2.45, 2.75) is 97.1 Å². The molecule has 2 amide bonds. The van der Waals surface area contributed by atoms with Crippen molar-refractivity contribution in [2.24, 2.45) is 0 Å². The van der Waals surface area contributed by atoms with Gasteiger partial charge in [-0.15, -0.1) is 0 Å². The number of allylic oxidation sites excluding steroid dienone is 12. The Hall–Kier alpha value is -4.42. The Morgan fingerprint density at radius 1 is 0.660 bits per heavy atom. The molecule has 2 aromatic carbocycles. The van der Waals surface area contributed by atoms with Gasteiger partial charge < -0.3 is 15.4 Å². The largest absolute Gasteiger partial charge is 0.478 e. The fraction of sp³-hybridized carbons (Fsp3) is 0.372. The standard InChI is InChI=1S/C43H55ClN2O4/c1-6-7-8-9-10-11-12-13-14-15-16-17-18-19-20-21-22-23-24-25-39(47)46-42(2,3)34-45-41(49)43(4,5)50-38-32-28-36(29-33-38)40(48)35-26-30-37(44)31-27-35/h7-8,10-11,13-14,16-17,19-20,22-23,26-33H,6,9,12,15,18,21,24-25,34H2,1-5H3,(H,45,49)(H,46,47). The van der Waals surface area contributed by atoms with Crippen LogP contribution in [0, 0.1) is 0 Å². The van der Waals surface area contributed by atoms with Crippen molar-refractivity contribution in [1.82, 2.24) is 10.6 Å². The molecule has 0 aromatic heterocycles. The van der Waals surface area contributed by atoms with Gasteiger partial charge in [-0.1, -0.05) is 91.4 Å². The van der Waals surface area contributed by atoms with E-state index >= 15 is 0 Å². The molecule has 2 aromatic rings. The number of ether oxygens (including phenoxy) is 1. The second-order valence-electron chi connectivity index (χ2n) is 13.0. The summed E-state index contributed by atoms with van der Waals surface area (Å²) in [7, 11) is 0. The second-order valence-corrected chi connectivity index (χ2v) is 13.5. The highest BCUT2D eigenvalue weighted by molar-refractivity contribution is 6.30. The molecule has 7 heteroatoms. The molecule has 0 aliphatic carbocycles. The molecule has 0 radical (unpaired) electrons. The lowest BCUT2D eigenvalue weighted by Gasteiger charge is -2.30. The van der Waals surface area contributed by atoms with Crippen LogP contribution in [0.2, 0.25) is 5.02 Å². The number of ketones is 1. The van der Waals surface area contributed by atoms with Gasteiger partial charge in [-0.2, -0.15) is 0 Å². The fourth-order valence-corrected chi connectivity index (χ4v) is 4.76. The number of carbonyl (C=O) groups excluding carboxylic acids is 3. The Kier molecular flexibility index (Phi) is 19.3. The molecule has 0 saturated carbocycles. The van der Waals surface area contributed by atoms with Gasteiger partial charge in [-0.3, -0.25) is 14.4 Å². The molecule has 2 N–H and O–H groups in total. The van der Waals surface area contributed by atoms with E-state index in [-0.39, 0.29) is 24.1 Å². The molecule has 268 valence electrons. The van der Waals surface area contributed by atoms with E-state index in [1.54, 1.807) is 62.4 Å². The molecule has 0 fully saturated rings. The van der Waals surface area contributed by atoms with Crippen molar-refractivity contribution in [1.29, 1.82) is 0 Å². The quantitative estimate of drug-likeness (QED) is 0.0947. The first-order chi connectivity index (χ1) is 23.9. The summed E-state index contributed by atoms with van der Waals surface area (Å²) >= 11 is 5.92. The number of carbonyl (C=O) groups is 3. The number of hydrogen-bond acceptors (Lipinski definition) is 4. The summed E-state index contributed by atoms with van der Waals surface area (Å²) < 4.78 is 5.96. The van der Waals surface area contributed by atoms with Crippen molar-refractivity contribution in [3.63, 3.8) is 0 Å². The van der Waals surface area contributed by atoms with Gasteiger partial charge in [0, 0.05) is 29.1 Å². The van der Waals surface area contributed by atoms with Crippen LogP contribution in [0.5, 0.6) is 5.75 Å². The van der Waals surface area contributed by atoms with Gasteiger partial charge in [0.2, 0.25) is 5.91 Å². The number of rotatable bonds is 22. The first-order valence-electron chi connectivity index (χ1n) is 17.5. The molecule has 0 unspecified atom stereocenters. The molecule has 0 heterocycles. The predicted octanol–water partition coefficient (Wildman–Crippen LogP) is 10.2. The predicted molar refractivity (Wildman–Crippen MR) is 209 cm³/mol. The van der Waals surface area contributed by atoms with Crippen LogP contribution in [-0.4, -0.2) is 35.3 Å². The molecule has 0 bridgehead atoms. The molecule has 0 aliphatic heterocycles. The lowest BCUT2D eigenvalue weighted by atomic mass is 10.0. The monoisotopic (exact) mass is 698 g/mol.